The lowest BCUT2D eigenvalue weighted by Crippen LogP contribution is -2.44. The fourth-order valence-electron chi connectivity index (χ4n) is 1.06. The molecule has 0 bridgehead atoms. The number of hydrogen-bond donors (Lipinski definition) is 2. The van der Waals surface area contributed by atoms with Crippen LogP contribution in [0.4, 0.5) is 0 Å². The van der Waals surface area contributed by atoms with Crippen molar-refractivity contribution in [3.63, 3.8) is 0 Å². The zero-order valence-electron chi connectivity index (χ0n) is 10.0. The molecule has 0 fully saturated rings. The van der Waals surface area contributed by atoms with Crippen molar-refractivity contribution in [2.24, 2.45) is 5.73 Å². The summed E-state index contributed by atoms with van der Waals surface area (Å²) in [6.45, 7) is 5.18. The van der Waals surface area contributed by atoms with Crippen molar-refractivity contribution in [1.29, 1.82) is 0 Å². The van der Waals surface area contributed by atoms with Crippen molar-refractivity contribution in [2.75, 3.05) is 7.11 Å². The van der Waals surface area contributed by atoms with Gasteiger partial charge in [-0.2, -0.15) is 0 Å². The minimum absolute atomic E-state index is 0.179. The van der Waals surface area contributed by atoms with Gasteiger partial charge in [-0.1, -0.05) is 0 Å². The Balaban J connectivity index is 4.33. The third-order valence-corrected chi connectivity index (χ3v) is 1.78. The van der Waals surface area contributed by atoms with Gasteiger partial charge in [-0.3, -0.25) is 9.59 Å². The van der Waals surface area contributed by atoms with Crippen LogP contribution >= 0.6 is 0 Å². The molecular formula is C10H19NO5. The predicted molar refractivity (Wildman–Crippen MR) is 56.9 cm³/mol. The molecule has 0 unspecified atom stereocenters. The summed E-state index contributed by atoms with van der Waals surface area (Å²) in [6.07, 6.45) is -1.06. The number of nitrogens with two attached hydrogens (primary N) is 1. The molecule has 6 nitrogen and oxygen atoms in total. The lowest BCUT2D eigenvalue weighted by atomic mass is 10.1. The molecule has 0 saturated heterocycles. The molecular weight excluding hydrogens is 214 g/mol. The summed E-state index contributed by atoms with van der Waals surface area (Å²) in [5.74, 6) is -1.74. The first-order valence-corrected chi connectivity index (χ1v) is 4.90. The van der Waals surface area contributed by atoms with Crippen LogP contribution in [0.25, 0.3) is 0 Å². The summed E-state index contributed by atoms with van der Waals surface area (Å²) in [6, 6.07) is -1.24. The number of carboxylic acid groups (broad SMARTS) is 1. The van der Waals surface area contributed by atoms with Crippen LogP contribution in [-0.2, 0) is 19.1 Å². The summed E-state index contributed by atoms with van der Waals surface area (Å²) < 4.78 is 9.88. The van der Waals surface area contributed by atoms with Crippen LogP contribution < -0.4 is 5.73 Å². The first-order chi connectivity index (χ1) is 7.17. The topological polar surface area (TPSA) is 98.9 Å². The van der Waals surface area contributed by atoms with E-state index in [4.69, 9.17) is 20.3 Å². The highest BCUT2D eigenvalue weighted by Gasteiger charge is 2.28. The fraction of sp³-hybridized carbons (Fsp3) is 0.800. The molecule has 0 aromatic rings. The van der Waals surface area contributed by atoms with E-state index in [9.17, 15) is 9.59 Å². The van der Waals surface area contributed by atoms with Crippen molar-refractivity contribution < 1.29 is 24.2 Å². The zero-order chi connectivity index (χ0) is 12.9. The molecule has 0 saturated carbocycles. The Hall–Kier alpha value is -1.14. The van der Waals surface area contributed by atoms with Crippen molar-refractivity contribution in [1.82, 2.24) is 0 Å². The summed E-state index contributed by atoms with van der Waals surface area (Å²) in [5, 5.41) is 8.67. The van der Waals surface area contributed by atoms with E-state index in [-0.39, 0.29) is 6.42 Å². The largest absolute Gasteiger partial charge is 0.480 e. The van der Waals surface area contributed by atoms with Gasteiger partial charge in [-0.25, -0.2) is 0 Å². The lowest BCUT2D eigenvalue weighted by molar-refractivity contribution is -0.158. The molecule has 3 N–H and O–H groups in total. The zero-order valence-corrected chi connectivity index (χ0v) is 10.0. The van der Waals surface area contributed by atoms with E-state index in [2.05, 4.69) is 0 Å². The maximum atomic E-state index is 11.4. The Bertz CT molecular complexity index is 258. The summed E-state index contributed by atoms with van der Waals surface area (Å²) in [5.41, 5.74) is 4.74. The SMILES string of the molecule is CO[C@@H](CC(=O)OC(C)(C)C)[C@H](N)C(=O)O. The molecule has 0 rings (SSSR count). The van der Waals surface area contributed by atoms with Crippen LogP contribution in [0.2, 0.25) is 0 Å². The van der Waals surface area contributed by atoms with Crippen LogP contribution in [-0.4, -0.2) is 41.9 Å². The smallest absolute Gasteiger partial charge is 0.323 e. The molecule has 0 radical (unpaired) electrons. The standard InChI is InChI=1S/C10H19NO5/c1-10(2,3)16-7(12)5-6(15-4)8(11)9(13)14/h6,8H,5,11H2,1-4H3,(H,13,14)/t6-,8-/m0/s1. The third-order valence-electron chi connectivity index (χ3n) is 1.78. The minimum atomic E-state index is -1.24. The van der Waals surface area contributed by atoms with Crippen LogP contribution in [0.5, 0.6) is 0 Å². The van der Waals surface area contributed by atoms with Gasteiger partial charge < -0.3 is 20.3 Å². The highest BCUT2D eigenvalue weighted by atomic mass is 16.6. The van der Waals surface area contributed by atoms with Gasteiger partial charge >= 0.3 is 11.9 Å². The van der Waals surface area contributed by atoms with E-state index in [0.29, 0.717) is 0 Å². The van der Waals surface area contributed by atoms with Crippen LogP contribution in [0, 0.1) is 0 Å². The summed E-state index contributed by atoms with van der Waals surface area (Å²) in [4.78, 5) is 22.0. The van der Waals surface area contributed by atoms with Gasteiger partial charge in [0.25, 0.3) is 0 Å². The number of carbonyl (C=O) groups excluding carboxylic acids is 1. The number of methoxy groups -OCH3 is 1. The second-order valence-corrected chi connectivity index (χ2v) is 4.43. The molecule has 0 heterocycles. The van der Waals surface area contributed by atoms with Gasteiger partial charge in [0.15, 0.2) is 0 Å². The van der Waals surface area contributed by atoms with Crippen molar-refractivity contribution in [3.8, 4) is 0 Å². The Morgan fingerprint density at radius 2 is 1.88 bits per heavy atom. The van der Waals surface area contributed by atoms with Gasteiger partial charge in [-0.15, -0.1) is 0 Å². The Morgan fingerprint density at radius 3 is 2.19 bits per heavy atom. The monoisotopic (exact) mass is 233 g/mol. The van der Waals surface area contributed by atoms with E-state index in [1.807, 2.05) is 0 Å². The normalized spacial score (nSPS) is 15.3. The molecule has 0 aromatic carbocycles. The van der Waals surface area contributed by atoms with Gasteiger partial charge in [0.05, 0.1) is 12.5 Å². The average molecular weight is 233 g/mol. The average Bonchev–Trinajstić information content (AvgIpc) is 2.09. The minimum Gasteiger partial charge on any atom is -0.480 e. The highest BCUT2D eigenvalue weighted by Crippen LogP contribution is 2.11. The van der Waals surface area contributed by atoms with E-state index < -0.39 is 29.7 Å². The summed E-state index contributed by atoms with van der Waals surface area (Å²) >= 11 is 0. The first-order valence-electron chi connectivity index (χ1n) is 4.90. The number of rotatable bonds is 5. The Morgan fingerprint density at radius 1 is 1.38 bits per heavy atom. The molecule has 0 aromatic heterocycles. The van der Waals surface area contributed by atoms with E-state index in [1.165, 1.54) is 7.11 Å². The van der Waals surface area contributed by atoms with Crippen molar-refractivity contribution >= 4 is 11.9 Å². The first kappa shape index (κ1) is 14.9. The van der Waals surface area contributed by atoms with Gasteiger partial charge in [0.1, 0.15) is 11.6 Å². The summed E-state index contributed by atoms with van der Waals surface area (Å²) in [7, 11) is 1.30. The van der Waals surface area contributed by atoms with E-state index in [1.54, 1.807) is 20.8 Å². The van der Waals surface area contributed by atoms with Crippen LogP contribution in [0.3, 0.4) is 0 Å². The predicted octanol–water partition coefficient (Wildman–Crippen LogP) is 0.145. The molecule has 6 heteroatoms. The van der Waals surface area contributed by atoms with E-state index >= 15 is 0 Å². The van der Waals surface area contributed by atoms with Crippen molar-refractivity contribution in [2.45, 2.75) is 44.9 Å². The number of carboxylic acids is 1. The molecule has 0 aliphatic heterocycles. The number of esters is 1. The molecule has 94 valence electrons. The highest BCUT2D eigenvalue weighted by molar-refractivity contribution is 5.76. The number of carbonyl (C=O) groups is 2. The lowest BCUT2D eigenvalue weighted by Gasteiger charge is -2.23. The molecule has 0 aliphatic rings. The van der Waals surface area contributed by atoms with Gasteiger partial charge in [0, 0.05) is 7.11 Å². The second kappa shape index (κ2) is 5.81. The van der Waals surface area contributed by atoms with Crippen LogP contribution in [0.15, 0.2) is 0 Å². The molecule has 0 aliphatic carbocycles. The maximum Gasteiger partial charge on any atom is 0.323 e. The molecule has 16 heavy (non-hydrogen) atoms. The second-order valence-electron chi connectivity index (χ2n) is 4.43. The number of hydrogen-bond acceptors (Lipinski definition) is 5. The Labute approximate surface area is 94.7 Å². The van der Waals surface area contributed by atoms with Gasteiger partial charge in [0.2, 0.25) is 0 Å². The third kappa shape index (κ3) is 5.67. The quantitative estimate of drug-likeness (QED) is 0.655. The van der Waals surface area contributed by atoms with E-state index in [0.717, 1.165) is 0 Å². The van der Waals surface area contributed by atoms with Crippen LogP contribution in [0.1, 0.15) is 27.2 Å². The maximum absolute atomic E-state index is 11.4. The van der Waals surface area contributed by atoms with Gasteiger partial charge in [-0.05, 0) is 20.8 Å². The molecule has 2 atom stereocenters. The Kier molecular flexibility index (Phi) is 5.40. The fourth-order valence-corrected chi connectivity index (χ4v) is 1.06. The van der Waals surface area contributed by atoms with Crippen molar-refractivity contribution in [3.05, 3.63) is 0 Å². The molecule has 0 amide bonds. The number of ether oxygens (including phenoxy) is 2. The molecule has 0 spiro atoms. The number of aliphatic carboxylic acids is 1.